The van der Waals surface area contributed by atoms with Gasteiger partial charge in [0.25, 0.3) is 0 Å². The van der Waals surface area contributed by atoms with Gasteiger partial charge in [-0.1, -0.05) is 42.8 Å². The van der Waals surface area contributed by atoms with Crippen LogP contribution < -0.4 is 4.74 Å². The monoisotopic (exact) mass is 286 g/mol. The molecule has 0 N–H and O–H groups in total. The van der Waals surface area contributed by atoms with E-state index < -0.39 is 0 Å². The van der Waals surface area contributed by atoms with Crippen LogP contribution in [0.4, 0.5) is 0 Å². The maximum absolute atomic E-state index is 5.73. The minimum absolute atomic E-state index is 0.0580. The van der Waals surface area contributed by atoms with E-state index in [0.717, 1.165) is 10.2 Å². The van der Waals surface area contributed by atoms with E-state index >= 15 is 0 Å². The summed E-state index contributed by atoms with van der Waals surface area (Å²) in [7, 11) is 1.68. The molecule has 0 fully saturated rings. The molecule has 90 valence electrons. The second-order valence-corrected chi connectivity index (χ2v) is 5.56. The lowest BCUT2D eigenvalue weighted by Gasteiger charge is -2.24. The zero-order valence-corrected chi connectivity index (χ0v) is 11.9. The summed E-state index contributed by atoms with van der Waals surface area (Å²) < 4.78 is 11.8. The van der Waals surface area contributed by atoms with Gasteiger partial charge < -0.3 is 9.47 Å². The largest absolute Gasteiger partial charge is 0.491 e. The molecule has 1 aromatic rings. The zero-order valence-electron chi connectivity index (χ0n) is 10.3. The Hall–Kier alpha value is -0.540. The zero-order chi connectivity index (χ0) is 12.2. The summed E-state index contributed by atoms with van der Waals surface area (Å²) >= 11 is 3.58. The smallest absolute Gasteiger partial charge is 0.124 e. The second-order valence-electron chi connectivity index (χ2n) is 4.70. The first-order valence-electron chi connectivity index (χ1n) is 5.37. The van der Waals surface area contributed by atoms with Crippen LogP contribution in [0.5, 0.6) is 5.75 Å². The van der Waals surface area contributed by atoms with Gasteiger partial charge in [-0.15, -0.1) is 0 Å². The third-order valence-corrected chi connectivity index (χ3v) is 2.93. The Morgan fingerprint density at radius 3 is 2.44 bits per heavy atom. The first-order valence-corrected chi connectivity index (χ1v) is 6.17. The van der Waals surface area contributed by atoms with E-state index in [-0.39, 0.29) is 5.41 Å². The van der Waals surface area contributed by atoms with Crippen molar-refractivity contribution in [3.8, 4) is 5.75 Å². The van der Waals surface area contributed by atoms with Crippen molar-refractivity contribution in [2.75, 3.05) is 20.3 Å². The highest BCUT2D eigenvalue weighted by Crippen LogP contribution is 2.37. The molecule has 0 radical (unpaired) electrons. The van der Waals surface area contributed by atoms with Crippen molar-refractivity contribution < 1.29 is 9.47 Å². The Morgan fingerprint density at radius 2 is 1.88 bits per heavy atom. The Morgan fingerprint density at radius 1 is 1.19 bits per heavy atom. The van der Waals surface area contributed by atoms with Crippen LogP contribution in [-0.2, 0) is 10.2 Å². The molecule has 0 unspecified atom stereocenters. The van der Waals surface area contributed by atoms with Gasteiger partial charge in [0.2, 0.25) is 0 Å². The highest BCUT2D eigenvalue weighted by Gasteiger charge is 2.21. The minimum Gasteiger partial charge on any atom is -0.491 e. The number of rotatable bonds is 4. The maximum atomic E-state index is 5.73. The predicted molar refractivity (Wildman–Crippen MR) is 70.2 cm³/mol. The molecule has 1 aromatic carbocycles. The van der Waals surface area contributed by atoms with Crippen LogP contribution in [0.15, 0.2) is 22.7 Å². The van der Waals surface area contributed by atoms with Gasteiger partial charge in [0.15, 0.2) is 0 Å². The molecule has 0 saturated carbocycles. The van der Waals surface area contributed by atoms with Gasteiger partial charge >= 0.3 is 0 Å². The van der Waals surface area contributed by atoms with E-state index in [4.69, 9.17) is 9.47 Å². The molecule has 0 heterocycles. The lowest BCUT2D eigenvalue weighted by molar-refractivity contribution is 0.145. The average Bonchev–Trinajstić information content (AvgIpc) is 2.16. The van der Waals surface area contributed by atoms with E-state index in [1.165, 1.54) is 5.56 Å². The van der Waals surface area contributed by atoms with Crippen molar-refractivity contribution in [1.82, 2.24) is 0 Å². The molecule has 16 heavy (non-hydrogen) atoms. The quantitative estimate of drug-likeness (QED) is 0.785. The fraction of sp³-hybridized carbons (Fsp3) is 0.538. The van der Waals surface area contributed by atoms with Gasteiger partial charge in [-0.2, -0.15) is 0 Å². The second kappa shape index (κ2) is 5.69. The summed E-state index contributed by atoms with van der Waals surface area (Å²) in [5.74, 6) is 0.930. The van der Waals surface area contributed by atoms with Crippen molar-refractivity contribution in [2.24, 2.45) is 0 Å². The highest BCUT2D eigenvalue weighted by atomic mass is 79.9. The first kappa shape index (κ1) is 13.5. The van der Waals surface area contributed by atoms with E-state index in [9.17, 15) is 0 Å². The van der Waals surface area contributed by atoms with Crippen LogP contribution in [0, 0.1) is 0 Å². The minimum atomic E-state index is 0.0580. The molecule has 0 aromatic heterocycles. The van der Waals surface area contributed by atoms with Gasteiger partial charge in [-0.05, 0) is 17.5 Å². The van der Waals surface area contributed by atoms with Crippen molar-refractivity contribution in [3.05, 3.63) is 28.2 Å². The Kier molecular flexibility index (Phi) is 4.81. The standard InChI is InChI=1S/C13H19BrO2/c1-13(2,3)12-10(14)6-5-7-11(12)16-9-8-15-4/h5-7H,8-9H2,1-4H3. The van der Waals surface area contributed by atoms with Crippen molar-refractivity contribution in [1.29, 1.82) is 0 Å². The van der Waals surface area contributed by atoms with Crippen LogP contribution in [0.1, 0.15) is 26.3 Å². The van der Waals surface area contributed by atoms with E-state index in [0.29, 0.717) is 13.2 Å². The third-order valence-electron chi connectivity index (χ3n) is 2.27. The maximum Gasteiger partial charge on any atom is 0.124 e. The van der Waals surface area contributed by atoms with E-state index in [1.54, 1.807) is 7.11 Å². The SMILES string of the molecule is COCCOc1cccc(Br)c1C(C)(C)C. The summed E-state index contributed by atoms with van der Waals surface area (Å²) in [5.41, 5.74) is 1.26. The van der Waals surface area contributed by atoms with Gasteiger partial charge in [-0.3, -0.25) is 0 Å². The van der Waals surface area contributed by atoms with Crippen LogP contribution in [-0.4, -0.2) is 20.3 Å². The molecule has 0 spiro atoms. The van der Waals surface area contributed by atoms with Gasteiger partial charge in [-0.25, -0.2) is 0 Å². The number of methoxy groups -OCH3 is 1. The normalized spacial score (nSPS) is 11.6. The molecular formula is C13H19BrO2. The summed E-state index contributed by atoms with van der Waals surface area (Å²) in [6, 6.07) is 6.03. The van der Waals surface area contributed by atoms with E-state index in [1.807, 2.05) is 18.2 Å². The lowest BCUT2D eigenvalue weighted by Crippen LogP contribution is -2.15. The molecule has 2 nitrogen and oxygen atoms in total. The van der Waals surface area contributed by atoms with Crippen LogP contribution in [0.2, 0.25) is 0 Å². The average molecular weight is 287 g/mol. The molecule has 0 atom stereocenters. The van der Waals surface area contributed by atoms with Crippen LogP contribution in [0.3, 0.4) is 0 Å². The molecule has 0 saturated heterocycles. The van der Waals surface area contributed by atoms with Crippen molar-refractivity contribution in [3.63, 3.8) is 0 Å². The summed E-state index contributed by atoms with van der Waals surface area (Å²) in [6.07, 6.45) is 0. The number of hydrogen-bond acceptors (Lipinski definition) is 2. The third kappa shape index (κ3) is 3.49. The molecular weight excluding hydrogens is 268 g/mol. The van der Waals surface area contributed by atoms with E-state index in [2.05, 4.69) is 36.7 Å². The van der Waals surface area contributed by atoms with Crippen LogP contribution in [0.25, 0.3) is 0 Å². The molecule has 0 aliphatic heterocycles. The fourth-order valence-corrected chi connectivity index (χ4v) is 2.53. The summed E-state index contributed by atoms with van der Waals surface area (Å²) in [4.78, 5) is 0. The Labute approximate surface area is 106 Å². The topological polar surface area (TPSA) is 18.5 Å². The number of halogens is 1. The van der Waals surface area contributed by atoms with Crippen molar-refractivity contribution in [2.45, 2.75) is 26.2 Å². The number of hydrogen-bond donors (Lipinski definition) is 0. The predicted octanol–water partition coefficient (Wildman–Crippen LogP) is 3.77. The molecule has 0 aliphatic carbocycles. The number of ether oxygens (including phenoxy) is 2. The highest BCUT2D eigenvalue weighted by molar-refractivity contribution is 9.10. The van der Waals surface area contributed by atoms with Crippen LogP contribution >= 0.6 is 15.9 Å². The lowest BCUT2D eigenvalue weighted by atomic mass is 9.86. The van der Waals surface area contributed by atoms with Gasteiger partial charge in [0, 0.05) is 17.1 Å². The molecule has 0 amide bonds. The molecule has 0 aliphatic rings. The van der Waals surface area contributed by atoms with Gasteiger partial charge in [0.05, 0.1) is 6.61 Å². The molecule has 1 rings (SSSR count). The Bertz CT molecular complexity index is 342. The van der Waals surface area contributed by atoms with Gasteiger partial charge in [0.1, 0.15) is 12.4 Å². The molecule has 3 heteroatoms. The Balaban J connectivity index is 2.95. The first-order chi connectivity index (χ1) is 7.46. The fourth-order valence-electron chi connectivity index (χ4n) is 1.59. The summed E-state index contributed by atoms with van der Waals surface area (Å²) in [5, 5.41) is 0. The summed E-state index contributed by atoms with van der Waals surface area (Å²) in [6.45, 7) is 7.72. The molecule has 0 bridgehead atoms. The number of benzene rings is 1. The van der Waals surface area contributed by atoms with Crippen molar-refractivity contribution >= 4 is 15.9 Å².